The lowest BCUT2D eigenvalue weighted by Gasteiger charge is -2.32. The number of ether oxygens (including phenoxy) is 1. The monoisotopic (exact) mass is 395 g/mol. The lowest BCUT2D eigenvalue weighted by atomic mass is 9.93. The van der Waals surface area contributed by atoms with E-state index in [1.54, 1.807) is 19.1 Å². The molecule has 0 unspecified atom stereocenters. The highest BCUT2D eigenvalue weighted by Crippen LogP contribution is 2.36. The molecule has 0 radical (unpaired) electrons. The Balaban J connectivity index is 1.70. The van der Waals surface area contributed by atoms with Crippen molar-refractivity contribution in [3.63, 3.8) is 0 Å². The molecule has 0 aliphatic carbocycles. The summed E-state index contributed by atoms with van der Waals surface area (Å²) in [6, 6.07) is 7.91. The lowest BCUT2D eigenvalue weighted by molar-refractivity contribution is 0.0841. The Morgan fingerprint density at radius 3 is 2.69 bits per heavy atom. The number of anilines is 1. The molecular weight excluding hydrogens is 374 g/mol. The van der Waals surface area contributed by atoms with Crippen molar-refractivity contribution in [1.29, 1.82) is 0 Å². The molecule has 1 amide bonds. The van der Waals surface area contributed by atoms with Gasteiger partial charge in [0.1, 0.15) is 22.7 Å². The maximum absolute atomic E-state index is 12.7. The summed E-state index contributed by atoms with van der Waals surface area (Å²) >= 11 is 0. The standard InChI is InChI=1S/C22H21NO6/c1-11-15(24)7-6-14-18(25)17(21(27)28-19(11)14)23-20(26)13-5-4-12-8-9-22(2,3)29-16(12)10-13/h4-7,10,24-25H,8-9H2,1-3H3,(H,23,26). The van der Waals surface area contributed by atoms with Crippen LogP contribution in [0.25, 0.3) is 11.0 Å². The number of carbonyl (C=O) groups is 1. The zero-order valence-electron chi connectivity index (χ0n) is 16.3. The number of amides is 1. The van der Waals surface area contributed by atoms with Crippen LogP contribution in [0.1, 0.15) is 41.8 Å². The predicted octanol–water partition coefficient (Wildman–Crippen LogP) is 3.87. The zero-order valence-corrected chi connectivity index (χ0v) is 16.3. The second-order valence-corrected chi connectivity index (χ2v) is 7.84. The topological polar surface area (TPSA) is 109 Å². The summed E-state index contributed by atoms with van der Waals surface area (Å²) in [7, 11) is 0. The van der Waals surface area contributed by atoms with Crippen LogP contribution in [0.4, 0.5) is 5.69 Å². The summed E-state index contributed by atoms with van der Waals surface area (Å²) in [4.78, 5) is 25.1. The van der Waals surface area contributed by atoms with Crippen molar-refractivity contribution in [2.45, 2.75) is 39.2 Å². The molecule has 7 nitrogen and oxygen atoms in total. The van der Waals surface area contributed by atoms with Crippen molar-refractivity contribution in [1.82, 2.24) is 0 Å². The van der Waals surface area contributed by atoms with E-state index in [0.29, 0.717) is 16.9 Å². The van der Waals surface area contributed by atoms with Gasteiger partial charge in [-0.3, -0.25) is 4.79 Å². The van der Waals surface area contributed by atoms with Crippen LogP contribution < -0.4 is 15.7 Å². The average Bonchev–Trinajstić information content (AvgIpc) is 2.67. The van der Waals surface area contributed by atoms with Gasteiger partial charge in [-0.05, 0) is 63.4 Å². The van der Waals surface area contributed by atoms with Crippen molar-refractivity contribution >= 4 is 22.6 Å². The molecule has 1 aliphatic rings. The molecule has 0 spiro atoms. The molecule has 0 fully saturated rings. The maximum Gasteiger partial charge on any atom is 0.364 e. The van der Waals surface area contributed by atoms with E-state index in [2.05, 4.69) is 5.32 Å². The fraction of sp³-hybridized carbons (Fsp3) is 0.273. The number of hydrogen-bond donors (Lipinski definition) is 3. The van der Waals surface area contributed by atoms with E-state index in [0.717, 1.165) is 18.4 Å². The fourth-order valence-corrected chi connectivity index (χ4v) is 3.45. The Labute approximate surface area is 166 Å². The van der Waals surface area contributed by atoms with E-state index >= 15 is 0 Å². The number of rotatable bonds is 2. The van der Waals surface area contributed by atoms with Crippen LogP contribution in [0.5, 0.6) is 17.2 Å². The smallest absolute Gasteiger partial charge is 0.364 e. The number of nitrogens with one attached hydrogen (secondary N) is 1. The Kier molecular flexibility index (Phi) is 4.26. The third-order valence-electron chi connectivity index (χ3n) is 5.22. The van der Waals surface area contributed by atoms with Crippen molar-refractivity contribution in [3.8, 4) is 17.2 Å². The highest BCUT2D eigenvalue weighted by Gasteiger charge is 2.27. The molecule has 29 heavy (non-hydrogen) atoms. The highest BCUT2D eigenvalue weighted by atomic mass is 16.5. The van der Waals surface area contributed by atoms with E-state index in [1.165, 1.54) is 12.1 Å². The first-order valence-electron chi connectivity index (χ1n) is 9.28. The van der Waals surface area contributed by atoms with E-state index < -0.39 is 17.3 Å². The van der Waals surface area contributed by atoms with E-state index in [-0.39, 0.29) is 28.0 Å². The number of carbonyl (C=O) groups excluding carboxylic acids is 1. The number of aryl methyl sites for hydroxylation is 2. The number of phenolic OH excluding ortho intramolecular Hbond substituents is 1. The maximum atomic E-state index is 12.7. The van der Waals surface area contributed by atoms with Crippen LogP contribution in [0, 0.1) is 6.92 Å². The minimum atomic E-state index is -0.910. The summed E-state index contributed by atoms with van der Waals surface area (Å²) < 4.78 is 11.2. The fourth-order valence-electron chi connectivity index (χ4n) is 3.45. The summed E-state index contributed by atoms with van der Waals surface area (Å²) in [6.45, 7) is 5.54. The van der Waals surface area contributed by atoms with Gasteiger partial charge in [0.2, 0.25) is 0 Å². The van der Waals surface area contributed by atoms with Gasteiger partial charge in [0.25, 0.3) is 5.91 Å². The Bertz CT molecular complexity index is 1210. The largest absolute Gasteiger partial charge is 0.508 e. The minimum Gasteiger partial charge on any atom is -0.508 e. The lowest BCUT2D eigenvalue weighted by Crippen LogP contribution is -2.32. The first-order valence-corrected chi connectivity index (χ1v) is 9.28. The molecule has 150 valence electrons. The van der Waals surface area contributed by atoms with Crippen molar-refractivity contribution < 1.29 is 24.2 Å². The second-order valence-electron chi connectivity index (χ2n) is 7.84. The van der Waals surface area contributed by atoms with Crippen LogP contribution in [0.2, 0.25) is 0 Å². The normalized spacial score (nSPS) is 14.9. The van der Waals surface area contributed by atoms with Gasteiger partial charge < -0.3 is 24.7 Å². The number of aromatic hydroxyl groups is 2. The molecule has 1 aliphatic heterocycles. The molecule has 1 aromatic heterocycles. The van der Waals surface area contributed by atoms with Crippen LogP contribution in [-0.4, -0.2) is 21.7 Å². The van der Waals surface area contributed by atoms with Crippen molar-refractivity contribution in [3.05, 3.63) is 57.4 Å². The van der Waals surface area contributed by atoms with Gasteiger partial charge in [0, 0.05) is 11.1 Å². The number of phenols is 1. The number of fused-ring (bicyclic) bond motifs is 2. The summed E-state index contributed by atoms with van der Waals surface area (Å²) in [6.07, 6.45) is 1.73. The number of hydrogen-bond acceptors (Lipinski definition) is 6. The van der Waals surface area contributed by atoms with E-state index in [1.807, 2.05) is 19.9 Å². The Morgan fingerprint density at radius 2 is 1.93 bits per heavy atom. The van der Waals surface area contributed by atoms with Crippen LogP contribution >= 0.6 is 0 Å². The van der Waals surface area contributed by atoms with Gasteiger partial charge in [0.15, 0.2) is 11.4 Å². The Hall–Kier alpha value is -3.48. The van der Waals surface area contributed by atoms with Gasteiger partial charge in [-0.1, -0.05) is 6.07 Å². The molecule has 0 bridgehead atoms. The van der Waals surface area contributed by atoms with Gasteiger partial charge in [-0.2, -0.15) is 0 Å². The molecular formula is C22H21NO6. The molecule has 3 N–H and O–H groups in total. The first-order chi connectivity index (χ1) is 13.7. The van der Waals surface area contributed by atoms with Gasteiger partial charge in [0.05, 0.1) is 5.39 Å². The summed E-state index contributed by atoms with van der Waals surface area (Å²) in [5.41, 5.74) is 0.117. The van der Waals surface area contributed by atoms with Gasteiger partial charge in [-0.15, -0.1) is 0 Å². The highest BCUT2D eigenvalue weighted by molar-refractivity contribution is 6.06. The quantitative estimate of drug-likeness (QED) is 0.569. The second kappa shape index (κ2) is 6.55. The van der Waals surface area contributed by atoms with E-state index in [9.17, 15) is 19.8 Å². The van der Waals surface area contributed by atoms with Gasteiger partial charge >= 0.3 is 5.63 Å². The minimum absolute atomic E-state index is 0.0613. The molecule has 7 heteroatoms. The van der Waals surface area contributed by atoms with Crippen LogP contribution in [0.15, 0.2) is 39.5 Å². The SMILES string of the molecule is Cc1c(O)ccc2c(O)c(NC(=O)c3ccc4c(c3)OC(C)(C)CC4)c(=O)oc12. The van der Waals surface area contributed by atoms with Crippen LogP contribution in [0.3, 0.4) is 0 Å². The van der Waals surface area contributed by atoms with Crippen LogP contribution in [-0.2, 0) is 6.42 Å². The molecule has 2 aromatic carbocycles. The molecule has 0 saturated heterocycles. The molecule has 2 heterocycles. The van der Waals surface area contributed by atoms with Gasteiger partial charge in [-0.25, -0.2) is 4.79 Å². The van der Waals surface area contributed by atoms with Crippen molar-refractivity contribution in [2.75, 3.05) is 5.32 Å². The molecule has 3 aromatic rings. The van der Waals surface area contributed by atoms with Crippen molar-refractivity contribution in [2.24, 2.45) is 0 Å². The average molecular weight is 395 g/mol. The number of benzene rings is 2. The predicted molar refractivity (Wildman–Crippen MR) is 108 cm³/mol. The third kappa shape index (κ3) is 3.29. The third-order valence-corrected chi connectivity index (χ3v) is 5.22. The molecule has 0 atom stereocenters. The Morgan fingerprint density at radius 1 is 1.17 bits per heavy atom. The zero-order chi connectivity index (χ0) is 20.9. The summed E-state index contributed by atoms with van der Waals surface area (Å²) in [5, 5.41) is 22.9. The molecule has 4 rings (SSSR count). The summed E-state index contributed by atoms with van der Waals surface area (Å²) in [5.74, 6) is -0.413. The van der Waals surface area contributed by atoms with E-state index in [4.69, 9.17) is 9.15 Å². The first kappa shape index (κ1) is 18.9. The molecule has 0 saturated carbocycles.